The standard InChI is InChI=1S/C12H15ClO6/c13-6-1-3-7(4-2-6)18-12-11(17)10(16)9(15)8(5-14)19-12/h1-4,8-12,14-17H,5H2/t8-,9+,10-,11-,12-/m0/s1. The number of aliphatic hydroxyl groups excluding tert-OH is 4. The van der Waals surface area contributed by atoms with Gasteiger partial charge >= 0.3 is 0 Å². The largest absolute Gasteiger partial charge is 0.462 e. The van der Waals surface area contributed by atoms with Crippen LogP contribution in [0.25, 0.3) is 0 Å². The Hall–Kier alpha value is -0.890. The average Bonchev–Trinajstić information content (AvgIpc) is 2.42. The zero-order valence-corrected chi connectivity index (χ0v) is 10.6. The first kappa shape index (κ1) is 14.5. The van der Waals surface area contributed by atoms with Crippen molar-refractivity contribution in [2.24, 2.45) is 0 Å². The zero-order chi connectivity index (χ0) is 14.0. The smallest absolute Gasteiger partial charge is 0.229 e. The molecule has 1 aliphatic heterocycles. The number of hydrogen-bond acceptors (Lipinski definition) is 6. The fourth-order valence-corrected chi connectivity index (χ4v) is 1.94. The molecule has 0 aromatic heterocycles. The van der Waals surface area contributed by atoms with Crippen LogP contribution < -0.4 is 4.74 Å². The highest BCUT2D eigenvalue weighted by Gasteiger charge is 2.44. The Labute approximate surface area is 114 Å². The summed E-state index contributed by atoms with van der Waals surface area (Å²) in [5.74, 6) is 0.383. The number of hydrogen-bond donors (Lipinski definition) is 4. The number of aliphatic hydroxyl groups is 4. The van der Waals surface area contributed by atoms with Gasteiger partial charge in [-0.15, -0.1) is 0 Å². The first-order valence-corrected chi connectivity index (χ1v) is 6.13. The van der Waals surface area contributed by atoms with Crippen molar-refractivity contribution in [2.75, 3.05) is 6.61 Å². The van der Waals surface area contributed by atoms with Crippen molar-refractivity contribution in [1.82, 2.24) is 0 Å². The van der Waals surface area contributed by atoms with Gasteiger partial charge < -0.3 is 29.9 Å². The fourth-order valence-electron chi connectivity index (χ4n) is 1.81. The van der Waals surface area contributed by atoms with Gasteiger partial charge in [0.1, 0.15) is 30.2 Å². The van der Waals surface area contributed by atoms with Crippen LogP contribution in [0.3, 0.4) is 0 Å². The van der Waals surface area contributed by atoms with Crippen molar-refractivity contribution in [3.63, 3.8) is 0 Å². The monoisotopic (exact) mass is 290 g/mol. The second-order valence-corrected chi connectivity index (χ2v) is 4.71. The van der Waals surface area contributed by atoms with Gasteiger partial charge in [0.25, 0.3) is 0 Å². The van der Waals surface area contributed by atoms with Gasteiger partial charge in [-0.25, -0.2) is 0 Å². The van der Waals surface area contributed by atoms with E-state index in [1.54, 1.807) is 24.3 Å². The minimum Gasteiger partial charge on any atom is -0.462 e. The lowest BCUT2D eigenvalue weighted by molar-refractivity contribution is -0.277. The second-order valence-electron chi connectivity index (χ2n) is 4.27. The van der Waals surface area contributed by atoms with E-state index in [2.05, 4.69) is 0 Å². The van der Waals surface area contributed by atoms with E-state index in [1.807, 2.05) is 0 Å². The van der Waals surface area contributed by atoms with Gasteiger partial charge in [0, 0.05) is 5.02 Å². The molecule has 1 aliphatic rings. The van der Waals surface area contributed by atoms with E-state index in [0.29, 0.717) is 10.8 Å². The average molecular weight is 291 g/mol. The van der Waals surface area contributed by atoms with Crippen LogP contribution in [0.1, 0.15) is 0 Å². The molecule has 1 fully saturated rings. The summed E-state index contributed by atoms with van der Waals surface area (Å²) >= 11 is 5.73. The van der Waals surface area contributed by atoms with Crippen LogP contribution >= 0.6 is 11.6 Å². The molecule has 7 heteroatoms. The summed E-state index contributed by atoms with van der Waals surface area (Å²) < 4.78 is 10.6. The highest BCUT2D eigenvalue weighted by Crippen LogP contribution is 2.24. The lowest BCUT2D eigenvalue weighted by Gasteiger charge is -2.39. The predicted octanol–water partition coefficient (Wildman–Crippen LogP) is -0.481. The van der Waals surface area contributed by atoms with E-state index in [9.17, 15) is 15.3 Å². The van der Waals surface area contributed by atoms with E-state index in [1.165, 1.54) is 0 Å². The zero-order valence-electron chi connectivity index (χ0n) is 9.89. The molecule has 0 radical (unpaired) electrons. The lowest BCUT2D eigenvalue weighted by atomic mass is 9.99. The molecule has 0 bridgehead atoms. The third-order valence-corrected chi connectivity index (χ3v) is 3.17. The number of ether oxygens (including phenoxy) is 2. The maximum atomic E-state index is 9.77. The van der Waals surface area contributed by atoms with Gasteiger partial charge in [0.15, 0.2) is 0 Å². The molecule has 106 valence electrons. The van der Waals surface area contributed by atoms with Crippen LogP contribution in [0.5, 0.6) is 5.75 Å². The van der Waals surface area contributed by atoms with Gasteiger partial charge in [-0.2, -0.15) is 0 Å². The van der Waals surface area contributed by atoms with Crippen LogP contribution in [-0.2, 0) is 4.74 Å². The first-order valence-electron chi connectivity index (χ1n) is 5.75. The molecule has 1 saturated heterocycles. The van der Waals surface area contributed by atoms with Crippen molar-refractivity contribution in [1.29, 1.82) is 0 Å². The fraction of sp³-hybridized carbons (Fsp3) is 0.500. The Kier molecular flexibility index (Phi) is 4.62. The topological polar surface area (TPSA) is 99.4 Å². The maximum Gasteiger partial charge on any atom is 0.229 e. The molecule has 1 aromatic rings. The number of rotatable bonds is 3. The van der Waals surface area contributed by atoms with Gasteiger partial charge in [-0.3, -0.25) is 0 Å². The first-order chi connectivity index (χ1) is 9.02. The van der Waals surface area contributed by atoms with Crippen LogP contribution in [0.2, 0.25) is 5.02 Å². The summed E-state index contributed by atoms with van der Waals surface area (Å²) in [5.41, 5.74) is 0. The third-order valence-electron chi connectivity index (χ3n) is 2.91. The van der Waals surface area contributed by atoms with Gasteiger partial charge in [-0.1, -0.05) is 11.6 Å². The van der Waals surface area contributed by atoms with Crippen molar-refractivity contribution < 1.29 is 29.9 Å². The van der Waals surface area contributed by atoms with E-state index < -0.39 is 37.3 Å². The molecule has 4 N–H and O–H groups in total. The molecule has 1 heterocycles. The van der Waals surface area contributed by atoms with Crippen molar-refractivity contribution in [3.05, 3.63) is 29.3 Å². The molecule has 0 aliphatic carbocycles. The molecule has 1 aromatic carbocycles. The van der Waals surface area contributed by atoms with E-state index in [-0.39, 0.29) is 0 Å². The summed E-state index contributed by atoms with van der Waals surface area (Å²) in [6.45, 7) is -0.495. The summed E-state index contributed by atoms with van der Waals surface area (Å²) in [7, 11) is 0. The van der Waals surface area contributed by atoms with E-state index in [4.69, 9.17) is 26.2 Å². The number of benzene rings is 1. The van der Waals surface area contributed by atoms with E-state index >= 15 is 0 Å². The molecular weight excluding hydrogens is 276 g/mol. The van der Waals surface area contributed by atoms with Crippen molar-refractivity contribution in [2.45, 2.75) is 30.7 Å². The summed E-state index contributed by atoms with van der Waals surface area (Å²) in [4.78, 5) is 0. The Morgan fingerprint density at radius 3 is 2.26 bits per heavy atom. The highest BCUT2D eigenvalue weighted by molar-refractivity contribution is 6.30. The van der Waals surface area contributed by atoms with Crippen molar-refractivity contribution in [3.8, 4) is 5.75 Å². The maximum absolute atomic E-state index is 9.77. The SMILES string of the molecule is OC[C@@H]1O[C@H](Oc2ccc(Cl)cc2)[C@@H](O)[C@@H](O)[C@@H]1O. The second kappa shape index (κ2) is 6.04. The molecule has 5 atom stereocenters. The Bertz CT molecular complexity index is 409. The van der Waals surface area contributed by atoms with Gasteiger partial charge in [0.2, 0.25) is 6.29 Å². The minimum absolute atomic E-state index is 0.383. The third kappa shape index (κ3) is 3.17. The Balaban J connectivity index is 2.08. The molecule has 19 heavy (non-hydrogen) atoms. The summed E-state index contributed by atoms with van der Waals surface area (Å²) in [5, 5.41) is 38.5. The molecule has 0 unspecified atom stereocenters. The van der Waals surface area contributed by atoms with Crippen LogP contribution in [-0.4, -0.2) is 57.7 Å². The quantitative estimate of drug-likeness (QED) is 0.600. The van der Waals surface area contributed by atoms with Gasteiger partial charge in [0.05, 0.1) is 6.61 Å². The summed E-state index contributed by atoms with van der Waals surface area (Å²) in [6, 6.07) is 6.34. The molecule has 6 nitrogen and oxygen atoms in total. The van der Waals surface area contributed by atoms with E-state index in [0.717, 1.165) is 0 Å². The van der Waals surface area contributed by atoms with Crippen LogP contribution in [0.4, 0.5) is 0 Å². The van der Waals surface area contributed by atoms with Crippen molar-refractivity contribution >= 4 is 11.6 Å². The molecule has 0 saturated carbocycles. The van der Waals surface area contributed by atoms with Crippen LogP contribution in [0.15, 0.2) is 24.3 Å². The molecule has 0 spiro atoms. The normalized spacial score (nSPS) is 35.1. The molecule has 2 rings (SSSR count). The minimum atomic E-state index is -1.46. The predicted molar refractivity (Wildman–Crippen MR) is 65.8 cm³/mol. The Morgan fingerprint density at radius 1 is 1.05 bits per heavy atom. The highest BCUT2D eigenvalue weighted by atomic mass is 35.5. The lowest BCUT2D eigenvalue weighted by Crippen LogP contribution is -2.60. The molecular formula is C12H15ClO6. The Morgan fingerprint density at radius 2 is 1.68 bits per heavy atom. The van der Waals surface area contributed by atoms with Gasteiger partial charge in [-0.05, 0) is 24.3 Å². The summed E-state index contributed by atoms with van der Waals surface area (Å²) in [6.07, 6.45) is -6.45. The number of halogens is 1. The van der Waals surface area contributed by atoms with Crippen LogP contribution in [0, 0.1) is 0 Å². The molecule has 0 amide bonds.